The van der Waals surface area contributed by atoms with E-state index in [2.05, 4.69) is 4.72 Å². The molecule has 0 aromatic heterocycles. The van der Waals surface area contributed by atoms with Crippen LogP contribution in [0, 0.1) is 0 Å². The Morgan fingerprint density at radius 3 is 2.22 bits per heavy atom. The number of rotatable bonds is 6. The second kappa shape index (κ2) is 7.90. The Bertz CT molecular complexity index is 646. The fraction of sp³-hybridized carbons (Fsp3) is 0.571. The van der Waals surface area contributed by atoms with Crippen molar-refractivity contribution in [2.75, 3.05) is 20.8 Å². The van der Waals surface area contributed by atoms with E-state index in [1.165, 1.54) is 26.4 Å². The van der Waals surface area contributed by atoms with Crippen molar-refractivity contribution in [3.05, 3.63) is 17.2 Å². The van der Waals surface area contributed by atoms with Crippen LogP contribution in [0.3, 0.4) is 0 Å². The highest BCUT2D eigenvalue weighted by Crippen LogP contribution is 2.37. The van der Waals surface area contributed by atoms with Gasteiger partial charge in [-0.25, -0.2) is 13.1 Å². The summed E-state index contributed by atoms with van der Waals surface area (Å²) in [6, 6.07) is 2.79. The minimum absolute atomic E-state index is 0. The van der Waals surface area contributed by atoms with Gasteiger partial charge >= 0.3 is 0 Å². The third kappa shape index (κ3) is 4.22. The van der Waals surface area contributed by atoms with E-state index in [9.17, 15) is 8.42 Å². The largest absolute Gasteiger partial charge is 0.493 e. The third-order valence-corrected chi connectivity index (χ3v) is 6.07. The predicted octanol–water partition coefficient (Wildman–Crippen LogP) is 2.33. The Morgan fingerprint density at radius 2 is 1.74 bits per heavy atom. The molecule has 0 heterocycles. The molecule has 0 amide bonds. The molecule has 1 fully saturated rings. The molecule has 3 N–H and O–H groups in total. The van der Waals surface area contributed by atoms with Crippen molar-refractivity contribution in [2.45, 2.75) is 36.1 Å². The zero-order valence-electron chi connectivity index (χ0n) is 13.1. The van der Waals surface area contributed by atoms with Crippen LogP contribution >= 0.6 is 24.0 Å². The lowest BCUT2D eigenvalue weighted by atomic mass is 10.0. The molecule has 2 rings (SSSR count). The Hall–Kier alpha value is -0.730. The molecular formula is C14H22Cl2N2O4S. The molecule has 1 aromatic rings. The molecular weight excluding hydrogens is 363 g/mol. The van der Waals surface area contributed by atoms with Crippen LogP contribution in [0.25, 0.3) is 0 Å². The van der Waals surface area contributed by atoms with Crippen molar-refractivity contribution in [2.24, 2.45) is 5.73 Å². The molecule has 0 aliphatic heterocycles. The minimum Gasteiger partial charge on any atom is -0.493 e. The van der Waals surface area contributed by atoms with Crippen molar-refractivity contribution in [3.8, 4) is 11.5 Å². The topological polar surface area (TPSA) is 90.7 Å². The third-order valence-electron chi connectivity index (χ3n) is 4.03. The summed E-state index contributed by atoms with van der Waals surface area (Å²) in [5.41, 5.74) is 5.20. The van der Waals surface area contributed by atoms with E-state index >= 15 is 0 Å². The van der Waals surface area contributed by atoms with Crippen molar-refractivity contribution in [1.29, 1.82) is 0 Å². The van der Waals surface area contributed by atoms with E-state index in [1.807, 2.05) is 0 Å². The number of nitrogens with two attached hydrogens (primary N) is 1. The van der Waals surface area contributed by atoms with Crippen molar-refractivity contribution in [3.63, 3.8) is 0 Å². The first-order chi connectivity index (χ1) is 10.4. The zero-order chi connectivity index (χ0) is 16.4. The van der Waals surface area contributed by atoms with E-state index in [0.29, 0.717) is 11.5 Å². The molecule has 23 heavy (non-hydrogen) atoms. The maximum Gasteiger partial charge on any atom is 0.242 e. The fourth-order valence-electron chi connectivity index (χ4n) is 2.78. The lowest BCUT2D eigenvalue weighted by Gasteiger charge is -2.28. The highest BCUT2D eigenvalue weighted by molar-refractivity contribution is 7.89. The Labute approximate surface area is 148 Å². The van der Waals surface area contributed by atoms with Crippen LogP contribution in [0.5, 0.6) is 11.5 Å². The van der Waals surface area contributed by atoms with Gasteiger partial charge in [0.05, 0.1) is 19.2 Å². The molecule has 0 atom stereocenters. The summed E-state index contributed by atoms with van der Waals surface area (Å²) >= 11 is 6.11. The number of nitrogens with one attached hydrogen (secondary N) is 1. The first-order valence-corrected chi connectivity index (χ1v) is 8.89. The monoisotopic (exact) mass is 384 g/mol. The second-order valence-corrected chi connectivity index (χ2v) is 7.49. The van der Waals surface area contributed by atoms with Gasteiger partial charge in [-0.15, -0.1) is 12.4 Å². The van der Waals surface area contributed by atoms with Gasteiger partial charge in [-0.2, -0.15) is 0 Å². The predicted molar refractivity (Wildman–Crippen MR) is 92.4 cm³/mol. The van der Waals surface area contributed by atoms with Crippen LogP contribution in [-0.2, 0) is 10.0 Å². The molecule has 1 aromatic carbocycles. The molecule has 0 spiro atoms. The number of ether oxygens (including phenoxy) is 2. The van der Waals surface area contributed by atoms with Gasteiger partial charge in [-0.3, -0.25) is 0 Å². The van der Waals surface area contributed by atoms with Crippen LogP contribution in [0.2, 0.25) is 5.02 Å². The number of hydrogen-bond acceptors (Lipinski definition) is 5. The van der Waals surface area contributed by atoms with E-state index in [1.54, 1.807) is 0 Å². The van der Waals surface area contributed by atoms with Crippen molar-refractivity contribution < 1.29 is 17.9 Å². The van der Waals surface area contributed by atoms with Crippen LogP contribution in [-0.4, -0.2) is 34.7 Å². The first-order valence-electron chi connectivity index (χ1n) is 7.03. The van der Waals surface area contributed by atoms with Gasteiger partial charge in [0.2, 0.25) is 10.0 Å². The van der Waals surface area contributed by atoms with Gasteiger partial charge in [0.15, 0.2) is 11.5 Å². The molecule has 6 nitrogen and oxygen atoms in total. The van der Waals surface area contributed by atoms with Crippen LogP contribution in [0.15, 0.2) is 17.0 Å². The molecule has 9 heteroatoms. The van der Waals surface area contributed by atoms with Crippen LogP contribution in [0.1, 0.15) is 25.7 Å². The zero-order valence-corrected chi connectivity index (χ0v) is 15.5. The second-order valence-electron chi connectivity index (χ2n) is 5.43. The van der Waals surface area contributed by atoms with Crippen LogP contribution < -0.4 is 19.9 Å². The van der Waals surface area contributed by atoms with Gasteiger partial charge in [0, 0.05) is 24.2 Å². The van der Waals surface area contributed by atoms with E-state index in [4.69, 9.17) is 26.8 Å². The summed E-state index contributed by atoms with van der Waals surface area (Å²) in [6.07, 6.45) is 3.38. The standard InChI is InChI=1S/C14H21ClN2O4S.ClH/c1-20-11-7-10(15)13(8-12(11)21-2)22(18,19)17-14(9-16)5-3-4-6-14;/h7-8,17H,3-6,9,16H2,1-2H3;1H. The quantitative estimate of drug-likeness (QED) is 0.785. The summed E-state index contributed by atoms with van der Waals surface area (Å²) in [5, 5.41) is 0.0790. The molecule has 132 valence electrons. The van der Waals surface area contributed by atoms with Gasteiger partial charge in [-0.05, 0) is 12.8 Å². The Kier molecular flexibility index (Phi) is 6.97. The summed E-state index contributed by atoms with van der Waals surface area (Å²) in [5.74, 6) is 0.682. The van der Waals surface area contributed by atoms with Crippen LogP contribution in [0.4, 0.5) is 0 Å². The van der Waals surface area contributed by atoms with Crippen molar-refractivity contribution >= 4 is 34.0 Å². The lowest BCUT2D eigenvalue weighted by molar-refractivity contribution is 0.353. The fourth-order valence-corrected chi connectivity index (χ4v) is 4.78. The molecule has 1 aliphatic carbocycles. The highest BCUT2D eigenvalue weighted by atomic mass is 35.5. The summed E-state index contributed by atoms with van der Waals surface area (Å²) in [4.78, 5) is -0.0356. The number of halogens is 2. The maximum atomic E-state index is 12.7. The Balaban J connectivity index is 0.00000264. The lowest BCUT2D eigenvalue weighted by Crippen LogP contribution is -2.51. The van der Waals surface area contributed by atoms with Crippen molar-refractivity contribution in [1.82, 2.24) is 4.72 Å². The van der Waals surface area contributed by atoms with Gasteiger partial charge in [0.25, 0.3) is 0 Å². The molecule has 1 saturated carbocycles. The highest BCUT2D eigenvalue weighted by Gasteiger charge is 2.37. The number of sulfonamides is 1. The summed E-state index contributed by atoms with van der Waals surface area (Å²) in [7, 11) is -0.901. The van der Waals surface area contributed by atoms with Gasteiger partial charge < -0.3 is 15.2 Å². The molecule has 1 aliphatic rings. The Morgan fingerprint density at radius 1 is 1.22 bits per heavy atom. The van der Waals surface area contributed by atoms with E-state index < -0.39 is 15.6 Å². The molecule has 0 bridgehead atoms. The number of benzene rings is 1. The normalized spacial score (nSPS) is 16.7. The maximum absolute atomic E-state index is 12.7. The van der Waals surface area contributed by atoms with E-state index in [0.717, 1.165) is 25.7 Å². The molecule has 0 unspecified atom stereocenters. The molecule has 0 saturated heterocycles. The summed E-state index contributed by atoms with van der Waals surface area (Å²) < 4.78 is 38.4. The smallest absolute Gasteiger partial charge is 0.242 e. The number of methoxy groups -OCH3 is 2. The van der Waals surface area contributed by atoms with Gasteiger partial charge in [0.1, 0.15) is 4.90 Å². The first kappa shape index (κ1) is 20.3. The molecule has 0 radical (unpaired) electrons. The average Bonchev–Trinajstić information content (AvgIpc) is 2.94. The summed E-state index contributed by atoms with van der Waals surface area (Å²) in [6.45, 7) is 0.261. The SMILES string of the molecule is COc1cc(Cl)c(S(=O)(=O)NC2(CN)CCCC2)cc1OC.Cl. The minimum atomic E-state index is -3.80. The number of hydrogen-bond donors (Lipinski definition) is 2. The van der Waals surface area contributed by atoms with E-state index in [-0.39, 0.29) is 28.9 Å². The average molecular weight is 385 g/mol. The van der Waals surface area contributed by atoms with Gasteiger partial charge in [-0.1, -0.05) is 24.4 Å².